The molecular weight excluding hydrogens is 161 g/mol. The van der Waals surface area contributed by atoms with E-state index in [0.717, 1.165) is 6.42 Å². The van der Waals surface area contributed by atoms with Crippen molar-refractivity contribution in [3.05, 3.63) is 0 Å². The van der Waals surface area contributed by atoms with Gasteiger partial charge in [-0.25, -0.2) is 0 Å². The van der Waals surface area contributed by atoms with Crippen LogP contribution >= 0.6 is 23.2 Å². The van der Waals surface area contributed by atoms with Gasteiger partial charge in [-0.15, -0.1) is 23.2 Å². The molecule has 0 saturated heterocycles. The van der Waals surface area contributed by atoms with Crippen molar-refractivity contribution in [3.8, 4) is 0 Å². The minimum Gasteiger partial charge on any atom is -0.358 e. The van der Waals surface area contributed by atoms with Crippen LogP contribution in [0, 0.1) is 5.92 Å². The fourth-order valence-electron chi connectivity index (χ4n) is 0.681. The van der Waals surface area contributed by atoms with Crippen LogP contribution in [0.5, 0.6) is 0 Å². The molecule has 2 nitrogen and oxygen atoms in total. The number of nitrogens with one attached hydrogen (secondary N) is 1. The maximum Gasteiger partial charge on any atom is 0.207 e. The van der Waals surface area contributed by atoms with Crippen LogP contribution in [-0.4, -0.2) is 17.3 Å². The van der Waals surface area contributed by atoms with Gasteiger partial charge in [0.2, 0.25) is 6.41 Å². The van der Waals surface area contributed by atoms with Gasteiger partial charge in [-0.1, -0.05) is 0 Å². The number of hydrogen-bond acceptors (Lipinski definition) is 1. The van der Waals surface area contributed by atoms with Crippen molar-refractivity contribution >= 4 is 29.6 Å². The minimum atomic E-state index is -0.560. The molecule has 0 radical (unpaired) electrons. The van der Waals surface area contributed by atoms with Crippen LogP contribution in [0.4, 0.5) is 0 Å². The molecule has 1 unspecified atom stereocenters. The quantitative estimate of drug-likeness (QED) is 0.492. The number of hydrogen-bond donors (Lipinski definition) is 1. The van der Waals surface area contributed by atoms with E-state index in [4.69, 9.17) is 23.2 Å². The van der Waals surface area contributed by atoms with E-state index in [-0.39, 0.29) is 5.92 Å². The molecule has 0 aromatic carbocycles. The lowest BCUT2D eigenvalue weighted by Crippen LogP contribution is -2.16. The van der Waals surface area contributed by atoms with Crippen LogP contribution in [-0.2, 0) is 4.79 Å². The number of carbonyl (C=O) groups is 1. The molecule has 0 aliphatic heterocycles. The van der Waals surface area contributed by atoms with Gasteiger partial charge in [0.05, 0.1) is 0 Å². The third-order valence-electron chi connectivity index (χ3n) is 1.40. The van der Waals surface area contributed by atoms with Gasteiger partial charge in [0.1, 0.15) is 4.33 Å². The number of alkyl halides is 2. The standard InChI is InChI=1S/C5H7Cl2NO/c6-5(7)1-4(5)2-8-3-9/h3-4H,1-2H2,(H,8,9). The normalized spacial score (nSPS) is 29.3. The van der Waals surface area contributed by atoms with Crippen molar-refractivity contribution in [2.45, 2.75) is 10.8 Å². The predicted molar refractivity (Wildman–Crippen MR) is 36.6 cm³/mol. The molecule has 1 atom stereocenters. The SMILES string of the molecule is O=CNCC1CC1(Cl)Cl. The Morgan fingerprint density at radius 1 is 1.78 bits per heavy atom. The van der Waals surface area contributed by atoms with E-state index < -0.39 is 4.33 Å². The Morgan fingerprint density at radius 2 is 2.33 bits per heavy atom. The minimum absolute atomic E-state index is 0.256. The summed E-state index contributed by atoms with van der Waals surface area (Å²) in [5.41, 5.74) is 0. The summed E-state index contributed by atoms with van der Waals surface area (Å²) in [6, 6.07) is 0. The predicted octanol–water partition coefficient (Wildman–Crippen LogP) is 0.926. The van der Waals surface area contributed by atoms with E-state index in [2.05, 4.69) is 5.32 Å². The van der Waals surface area contributed by atoms with Gasteiger partial charge in [0.15, 0.2) is 0 Å². The first-order valence-corrected chi connectivity index (χ1v) is 3.47. The molecule has 9 heavy (non-hydrogen) atoms. The van der Waals surface area contributed by atoms with Crippen molar-refractivity contribution in [2.24, 2.45) is 5.92 Å². The highest BCUT2D eigenvalue weighted by molar-refractivity contribution is 6.50. The van der Waals surface area contributed by atoms with Crippen molar-refractivity contribution < 1.29 is 4.79 Å². The van der Waals surface area contributed by atoms with Crippen molar-refractivity contribution in [3.63, 3.8) is 0 Å². The van der Waals surface area contributed by atoms with Crippen molar-refractivity contribution in [2.75, 3.05) is 6.54 Å². The summed E-state index contributed by atoms with van der Waals surface area (Å²) in [6.07, 6.45) is 1.44. The molecule has 52 valence electrons. The van der Waals surface area contributed by atoms with Gasteiger partial charge in [0.25, 0.3) is 0 Å². The first kappa shape index (κ1) is 7.16. The van der Waals surface area contributed by atoms with E-state index in [0.29, 0.717) is 13.0 Å². The molecule has 1 fully saturated rings. The molecule has 1 aliphatic rings. The van der Waals surface area contributed by atoms with E-state index >= 15 is 0 Å². The average molecular weight is 168 g/mol. The lowest BCUT2D eigenvalue weighted by molar-refractivity contribution is -0.109. The summed E-state index contributed by atoms with van der Waals surface area (Å²) in [7, 11) is 0. The smallest absolute Gasteiger partial charge is 0.207 e. The Balaban J connectivity index is 2.12. The van der Waals surface area contributed by atoms with Crippen LogP contribution in [0.3, 0.4) is 0 Å². The van der Waals surface area contributed by atoms with Crippen LogP contribution in [0.1, 0.15) is 6.42 Å². The first-order chi connectivity index (χ1) is 4.17. The Labute approximate surface area is 63.5 Å². The zero-order valence-electron chi connectivity index (χ0n) is 4.73. The van der Waals surface area contributed by atoms with E-state index in [1.165, 1.54) is 0 Å². The summed E-state index contributed by atoms with van der Waals surface area (Å²) in [5, 5.41) is 2.52. The van der Waals surface area contributed by atoms with Crippen molar-refractivity contribution in [1.29, 1.82) is 0 Å². The van der Waals surface area contributed by atoms with E-state index in [1.54, 1.807) is 0 Å². The fourth-order valence-corrected chi connectivity index (χ4v) is 1.21. The number of halogens is 2. The van der Waals surface area contributed by atoms with Gasteiger partial charge in [0, 0.05) is 12.5 Å². The fraction of sp³-hybridized carbons (Fsp3) is 0.800. The molecule has 0 aromatic rings. The molecule has 1 aliphatic carbocycles. The molecule has 0 spiro atoms. The molecule has 0 bridgehead atoms. The van der Waals surface area contributed by atoms with Gasteiger partial charge in [-0.05, 0) is 6.42 Å². The van der Waals surface area contributed by atoms with Crippen LogP contribution < -0.4 is 5.32 Å². The second kappa shape index (κ2) is 2.35. The molecule has 1 rings (SSSR count). The van der Waals surface area contributed by atoms with Gasteiger partial charge >= 0.3 is 0 Å². The average Bonchev–Trinajstić information content (AvgIpc) is 2.35. The molecule has 0 aromatic heterocycles. The Bertz CT molecular complexity index is 126. The molecule has 1 N–H and O–H groups in total. The van der Waals surface area contributed by atoms with Gasteiger partial charge in [-0.2, -0.15) is 0 Å². The van der Waals surface area contributed by atoms with Gasteiger partial charge in [-0.3, -0.25) is 4.79 Å². The summed E-state index contributed by atoms with van der Waals surface area (Å²) in [6.45, 7) is 0.594. The zero-order chi connectivity index (χ0) is 6.91. The molecule has 1 saturated carbocycles. The highest BCUT2D eigenvalue weighted by Crippen LogP contribution is 2.52. The second-order valence-electron chi connectivity index (χ2n) is 2.19. The first-order valence-electron chi connectivity index (χ1n) is 2.71. The monoisotopic (exact) mass is 167 g/mol. The highest BCUT2D eigenvalue weighted by atomic mass is 35.5. The summed E-state index contributed by atoms with van der Waals surface area (Å²) < 4.78 is -0.560. The Morgan fingerprint density at radius 3 is 2.67 bits per heavy atom. The van der Waals surface area contributed by atoms with Crippen LogP contribution in [0.2, 0.25) is 0 Å². The lowest BCUT2D eigenvalue weighted by atomic mass is 10.4. The Hall–Kier alpha value is 0.0500. The summed E-state index contributed by atoms with van der Waals surface area (Å²) in [5.74, 6) is 0.256. The summed E-state index contributed by atoms with van der Waals surface area (Å²) in [4.78, 5) is 9.75. The number of rotatable bonds is 3. The Kier molecular flexibility index (Phi) is 1.87. The maximum atomic E-state index is 9.75. The van der Waals surface area contributed by atoms with Gasteiger partial charge < -0.3 is 5.32 Å². The molecule has 4 heteroatoms. The van der Waals surface area contributed by atoms with Crippen LogP contribution in [0.25, 0.3) is 0 Å². The van der Waals surface area contributed by atoms with E-state index in [1.807, 2.05) is 0 Å². The van der Waals surface area contributed by atoms with Crippen LogP contribution in [0.15, 0.2) is 0 Å². The molecule has 0 heterocycles. The zero-order valence-corrected chi connectivity index (χ0v) is 6.24. The lowest BCUT2D eigenvalue weighted by Gasteiger charge is -1.95. The third-order valence-corrected chi connectivity index (χ3v) is 2.33. The summed E-state index contributed by atoms with van der Waals surface area (Å²) >= 11 is 11.3. The molecule has 1 amide bonds. The number of amides is 1. The highest BCUT2D eigenvalue weighted by Gasteiger charge is 2.51. The van der Waals surface area contributed by atoms with E-state index in [9.17, 15) is 4.79 Å². The molecular formula is C5H7Cl2NO. The third kappa shape index (κ3) is 1.73. The van der Waals surface area contributed by atoms with Crippen molar-refractivity contribution in [1.82, 2.24) is 5.32 Å². The topological polar surface area (TPSA) is 29.1 Å². The number of carbonyl (C=O) groups excluding carboxylic acids is 1. The second-order valence-corrected chi connectivity index (χ2v) is 3.73. The maximum absolute atomic E-state index is 9.75. The largest absolute Gasteiger partial charge is 0.358 e.